The fraction of sp³-hybridized carbons (Fsp3) is 0.188. The molecular weight excluding hydrogens is 339 g/mol. The third-order valence-corrected chi connectivity index (χ3v) is 3.55. The van der Waals surface area contributed by atoms with Crippen LogP contribution in [0.1, 0.15) is 22.8 Å². The Morgan fingerprint density at radius 1 is 1.19 bits per heavy atom. The third kappa shape index (κ3) is 3.82. The number of benzene rings is 2. The molecule has 0 aliphatic rings. The lowest BCUT2D eigenvalue weighted by Gasteiger charge is -2.11. The van der Waals surface area contributed by atoms with Gasteiger partial charge in [0.1, 0.15) is 23.9 Å². The van der Waals surface area contributed by atoms with Crippen LogP contribution in [0.4, 0.5) is 4.39 Å². The van der Waals surface area contributed by atoms with Crippen molar-refractivity contribution < 1.29 is 18.7 Å². The molecule has 0 heterocycles. The highest BCUT2D eigenvalue weighted by Crippen LogP contribution is 2.27. The summed E-state index contributed by atoms with van der Waals surface area (Å²) in [6.07, 6.45) is 0. The zero-order valence-electron chi connectivity index (χ0n) is 11.7. The van der Waals surface area contributed by atoms with E-state index in [0.29, 0.717) is 11.3 Å². The fourth-order valence-corrected chi connectivity index (χ4v) is 2.46. The molecule has 21 heavy (non-hydrogen) atoms. The Morgan fingerprint density at radius 2 is 1.95 bits per heavy atom. The van der Waals surface area contributed by atoms with Crippen molar-refractivity contribution in [1.29, 1.82) is 0 Å². The molecule has 0 unspecified atom stereocenters. The van der Waals surface area contributed by atoms with Gasteiger partial charge in [-0.25, -0.2) is 4.39 Å². The number of ketones is 1. The van der Waals surface area contributed by atoms with E-state index in [4.69, 9.17) is 9.47 Å². The lowest BCUT2D eigenvalue weighted by Crippen LogP contribution is -2.02. The largest absolute Gasteiger partial charge is 0.496 e. The van der Waals surface area contributed by atoms with E-state index in [2.05, 4.69) is 15.9 Å². The van der Waals surface area contributed by atoms with Crippen LogP contribution in [-0.4, -0.2) is 12.9 Å². The van der Waals surface area contributed by atoms with Gasteiger partial charge in [0, 0.05) is 6.07 Å². The molecule has 110 valence electrons. The van der Waals surface area contributed by atoms with E-state index in [1.807, 2.05) is 12.1 Å². The molecule has 0 aliphatic carbocycles. The highest BCUT2D eigenvalue weighted by atomic mass is 79.9. The maximum atomic E-state index is 13.3. The van der Waals surface area contributed by atoms with Crippen LogP contribution in [-0.2, 0) is 6.61 Å². The molecule has 0 N–H and O–H groups in total. The molecule has 0 spiro atoms. The van der Waals surface area contributed by atoms with Gasteiger partial charge in [0.05, 0.1) is 17.1 Å². The minimum absolute atomic E-state index is 0.166. The summed E-state index contributed by atoms with van der Waals surface area (Å²) in [5, 5.41) is 0. The predicted molar refractivity (Wildman–Crippen MR) is 81.4 cm³/mol. The Labute approximate surface area is 130 Å². The zero-order valence-corrected chi connectivity index (χ0v) is 13.2. The number of carbonyl (C=O) groups is 1. The van der Waals surface area contributed by atoms with Gasteiger partial charge in [-0.15, -0.1) is 0 Å². The highest BCUT2D eigenvalue weighted by Gasteiger charge is 2.10. The first kappa shape index (κ1) is 15.5. The molecule has 0 aromatic heterocycles. The van der Waals surface area contributed by atoms with Crippen LogP contribution in [0, 0.1) is 5.82 Å². The lowest BCUT2D eigenvalue weighted by molar-refractivity contribution is 0.101. The number of ether oxygens (including phenoxy) is 2. The molecule has 0 amide bonds. The molecule has 3 nitrogen and oxygen atoms in total. The maximum absolute atomic E-state index is 13.3. The first-order valence-corrected chi connectivity index (χ1v) is 7.06. The molecule has 0 atom stereocenters. The molecule has 0 saturated heterocycles. The van der Waals surface area contributed by atoms with Crippen LogP contribution >= 0.6 is 15.9 Å². The van der Waals surface area contributed by atoms with Crippen molar-refractivity contribution in [2.75, 3.05) is 7.11 Å². The Hall–Kier alpha value is -1.88. The molecule has 0 fully saturated rings. The molecule has 2 aromatic rings. The number of methoxy groups -OCH3 is 1. The van der Waals surface area contributed by atoms with Gasteiger partial charge < -0.3 is 9.47 Å². The van der Waals surface area contributed by atoms with Gasteiger partial charge in [-0.3, -0.25) is 4.79 Å². The summed E-state index contributed by atoms with van der Waals surface area (Å²) >= 11 is 3.39. The minimum Gasteiger partial charge on any atom is -0.496 e. The molecule has 5 heteroatoms. The van der Waals surface area contributed by atoms with Crippen molar-refractivity contribution in [3.05, 3.63) is 57.8 Å². The molecule has 2 aromatic carbocycles. The van der Waals surface area contributed by atoms with Gasteiger partial charge in [-0.05, 0) is 52.7 Å². The summed E-state index contributed by atoms with van der Waals surface area (Å²) < 4.78 is 24.8. The molecule has 0 saturated carbocycles. The first-order valence-electron chi connectivity index (χ1n) is 6.27. The van der Waals surface area contributed by atoms with Gasteiger partial charge in [0.15, 0.2) is 5.78 Å². The Kier molecular flexibility index (Phi) is 4.96. The van der Waals surface area contributed by atoms with Crippen LogP contribution in [0.2, 0.25) is 0 Å². The smallest absolute Gasteiger partial charge is 0.163 e. The summed E-state index contributed by atoms with van der Waals surface area (Å²) in [6.45, 7) is 1.65. The average Bonchev–Trinajstić information content (AvgIpc) is 2.45. The Bertz CT molecular complexity index is 671. The highest BCUT2D eigenvalue weighted by molar-refractivity contribution is 9.10. The van der Waals surface area contributed by atoms with Crippen LogP contribution in [0.25, 0.3) is 0 Å². The van der Waals surface area contributed by atoms with E-state index in [9.17, 15) is 9.18 Å². The number of hydrogen-bond donors (Lipinski definition) is 0. The molecule has 2 rings (SSSR count). The second kappa shape index (κ2) is 6.72. The Morgan fingerprint density at radius 3 is 2.57 bits per heavy atom. The number of hydrogen-bond acceptors (Lipinski definition) is 3. The third-order valence-electron chi connectivity index (χ3n) is 2.93. The van der Waals surface area contributed by atoms with Gasteiger partial charge in [-0.2, -0.15) is 0 Å². The average molecular weight is 353 g/mol. The zero-order chi connectivity index (χ0) is 15.4. The summed E-state index contributed by atoms with van der Waals surface area (Å²) in [5.41, 5.74) is 1.24. The normalized spacial score (nSPS) is 10.3. The monoisotopic (exact) mass is 352 g/mol. The van der Waals surface area contributed by atoms with Gasteiger partial charge in [-0.1, -0.05) is 6.07 Å². The van der Waals surface area contributed by atoms with Crippen molar-refractivity contribution in [1.82, 2.24) is 0 Å². The minimum atomic E-state index is -0.439. The number of rotatable bonds is 5. The number of Topliss-reactive ketones (excluding diaryl/α,β-unsaturated/α-hetero) is 1. The van der Waals surface area contributed by atoms with E-state index in [1.165, 1.54) is 25.1 Å². The molecule has 0 aliphatic heterocycles. The summed E-state index contributed by atoms with van der Waals surface area (Å²) in [7, 11) is 1.59. The van der Waals surface area contributed by atoms with Crippen molar-refractivity contribution in [2.45, 2.75) is 13.5 Å². The van der Waals surface area contributed by atoms with Crippen LogP contribution < -0.4 is 9.47 Å². The van der Waals surface area contributed by atoms with Gasteiger partial charge in [0.25, 0.3) is 0 Å². The fourth-order valence-electron chi connectivity index (χ4n) is 1.87. The number of carbonyl (C=O) groups excluding carboxylic acids is 1. The Balaban J connectivity index is 2.18. The predicted octanol–water partition coefficient (Wildman–Crippen LogP) is 4.38. The van der Waals surface area contributed by atoms with Gasteiger partial charge in [0.2, 0.25) is 0 Å². The van der Waals surface area contributed by atoms with Crippen molar-refractivity contribution in [3.63, 3.8) is 0 Å². The first-order chi connectivity index (χ1) is 10.0. The van der Waals surface area contributed by atoms with Crippen LogP contribution in [0.5, 0.6) is 11.5 Å². The quantitative estimate of drug-likeness (QED) is 0.749. The molecule has 0 bridgehead atoms. The molecular formula is C16H14BrFO3. The van der Waals surface area contributed by atoms with Crippen molar-refractivity contribution in [3.8, 4) is 11.5 Å². The summed E-state index contributed by atoms with van der Waals surface area (Å²) in [5.74, 6) is 0.357. The van der Waals surface area contributed by atoms with E-state index < -0.39 is 5.82 Å². The SMILES string of the molecule is COc1ccc(COc2cc(F)ccc2C(C)=O)cc1Br. The molecule has 0 radical (unpaired) electrons. The van der Waals surface area contributed by atoms with E-state index >= 15 is 0 Å². The summed E-state index contributed by atoms with van der Waals surface area (Å²) in [4.78, 5) is 11.5. The lowest BCUT2D eigenvalue weighted by atomic mass is 10.1. The van der Waals surface area contributed by atoms with E-state index in [0.717, 1.165) is 10.0 Å². The topological polar surface area (TPSA) is 35.5 Å². The number of halogens is 2. The van der Waals surface area contributed by atoms with E-state index in [1.54, 1.807) is 13.2 Å². The summed E-state index contributed by atoms with van der Waals surface area (Å²) in [6, 6.07) is 9.39. The van der Waals surface area contributed by atoms with Crippen molar-refractivity contribution >= 4 is 21.7 Å². The van der Waals surface area contributed by atoms with Crippen LogP contribution in [0.15, 0.2) is 40.9 Å². The van der Waals surface area contributed by atoms with E-state index in [-0.39, 0.29) is 18.1 Å². The maximum Gasteiger partial charge on any atom is 0.163 e. The van der Waals surface area contributed by atoms with Crippen LogP contribution in [0.3, 0.4) is 0 Å². The second-order valence-corrected chi connectivity index (χ2v) is 5.31. The standard InChI is InChI=1S/C16H14BrFO3/c1-10(19)13-5-4-12(18)8-16(13)21-9-11-3-6-15(20-2)14(17)7-11/h3-8H,9H2,1-2H3. The van der Waals surface area contributed by atoms with Crippen molar-refractivity contribution in [2.24, 2.45) is 0 Å². The van der Waals surface area contributed by atoms with Gasteiger partial charge >= 0.3 is 0 Å². The second-order valence-electron chi connectivity index (χ2n) is 4.45.